The SMILES string of the molecule is COc1cccc(NC(=O)c2cccc(N=NC(C(C)=O)C(=O)Nc3ccc(NC(=O)C(N=Nc4cccc(C(=O)Nc5cccc(OC)c5CCCl)c4Cl)C(C)=O)c(CCl)c3)c2Cl)c1CCCl. The van der Waals surface area contributed by atoms with E-state index in [1.54, 1.807) is 36.4 Å². The average molecular weight is 1030 g/mol. The lowest BCUT2D eigenvalue weighted by Crippen LogP contribution is -2.32. The van der Waals surface area contributed by atoms with Gasteiger partial charge in [-0.3, -0.25) is 28.8 Å². The van der Waals surface area contributed by atoms with Gasteiger partial charge in [-0.15, -0.1) is 34.8 Å². The van der Waals surface area contributed by atoms with Crippen LogP contribution in [0.25, 0.3) is 0 Å². The van der Waals surface area contributed by atoms with Gasteiger partial charge >= 0.3 is 0 Å². The molecule has 0 aromatic heterocycles. The van der Waals surface area contributed by atoms with Crippen molar-refractivity contribution in [1.82, 2.24) is 0 Å². The minimum Gasteiger partial charge on any atom is -0.496 e. The Labute approximate surface area is 416 Å². The Morgan fingerprint density at radius 2 is 1.00 bits per heavy atom. The van der Waals surface area contributed by atoms with E-state index in [1.165, 1.54) is 68.8 Å². The van der Waals surface area contributed by atoms with E-state index in [0.717, 1.165) is 13.8 Å². The lowest BCUT2D eigenvalue weighted by atomic mass is 10.1. The van der Waals surface area contributed by atoms with Crippen LogP contribution in [0.1, 0.15) is 51.3 Å². The van der Waals surface area contributed by atoms with Crippen LogP contribution in [0.4, 0.5) is 34.1 Å². The topological polar surface area (TPSA) is 218 Å². The summed E-state index contributed by atoms with van der Waals surface area (Å²) in [5, 5.41) is 26.7. The maximum atomic E-state index is 13.5. The number of methoxy groups -OCH3 is 2. The second-order valence-electron chi connectivity index (χ2n) is 14.5. The zero-order valence-corrected chi connectivity index (χ0v) is 40.6. The predicted molar refractivity (Wildman–Crippen MR) is 265 cm³/mol. The Balaban J connectivity index is 1.27. The molecule has 5 rings (SSSR count). The van der Waals surface area contributed by atoms with E-state index in [1.807, 2.05) is 0 Å². The zero-order chi connectivity index (χ0) is 49.5. The van der Waals surface area contributed by atoms with Gasteiger partial charge in [0.05, 0.1) is 35.4 Å². The van der Waals surface area contributed by atoms with Crippen LogP contribution in [0.15, 0.2) is 111 Å². The van der Waals surface area contributed by atoms with Crippen molar-refractivity contribution >= 4 is 127 Å². The minimum atomic E-state index is -1.65. The third kappa shape index (κ3) is 13.2. The molecule has 0 saturated heterocycles. The van der Waals surface area contributed by atoms with Gasteiger partial charge in [-0.2, -0.15) is 20.5 Å². The monoisotopic (exact) mass is 1020 g/mol. The smallest absolute Gasteiger partial charge is 0.258 e. The third-order valence-corrected chi connectivity index (χ3v) is 11.4. The van der Waals surface area contributed by atoms with Crippen molar-refractivity contribution in [2.45, 2.75) is 44.7 Å². The van der Waals surface area contributed by atoms with Crippen molar-refractivity contribution < 1.29 is 38.2 Å². The molecule has 0 fully saturated rings. The van der Waals surface area contributed by atoms with Crippen LogP contribution < -0.4 is 30.7 Å². The predicted octanol–water partition coefficient (Wildman–Crippen LogP) is 11.2. The maximum absolute atomic E-state index is 13.5. The zero-order valence-electron chi connectivity index (χ0n) is 36.8. The summed E-state index contributed by atoms with van der Waals surface area (Å²) in [6, 6.07) is 20.2. The van der Waals surface area contributed by atoms with Gasteiger partial charge in [0.2, 0.25) is 12.1 Å². The molecule has 0 heterocycles. The number of anilines is 4. The molecule has 16 nitrogen and oxygen atoms in total. The van der Waals surface area contributed by atoms with Crippen LogP contribution in [0.5, 0.6) is 11.5 Å². The van der Waals surface area contributed by atoms with Crippen LogP contribution in [-0.4, -0.2) is 73.3 Å². The van der Waals surface area contributed by atoms with Gasteiger partial charge in [0.15, 0.2) is 11.6 Å². The van der Waals surface area contributed by atoms with Gasteiger partial charge in [-0.05, 0) is 99.0 Å². The molecule has 4 amide bonds. The number of carbonyl (C=O) groups excluding carboxylic acids is 6. The molecular formula is C47H43Cl5N8O8. The van der Waals surface area contributed by atoms with E-state index in [2.05, 4.69) is 41.7 Å². The molecule has 4 N–H and O–H groups in total. The second kappa shape index (κ2) is 25.1. The van der Waals surface area contributed by atoms with Gasteiger partial charge in [0.25, 0.3) is 23.6 Å². The molecule has 2 atom stereocenters. The number of carbonyl (C=O) groups is 6. The fraction of sp³-hybridized carbons (Fsp3) is 0.234. The number of hydrogen-bond donors (Lipinski definition) is 4. The number of nitrogens with one attached hydrogen (secondary N) is 4. The third-order valence-electron chi connectivity index (χ3n) is 9.94. The van der Waals surface area contributed by atoms with Crippen molar-refractivity contribution in [3.8, 4) is 11.5 Å². The van der Waals surface area contributed by atoms with Crippen molar-refractivity contribution in [1.29, 1.82) is 0 Å². The van der Waals surface area contributed by atoms with Crippen LogP contribution in [0.3, 0.4) is 0 Å². The van der Waals surface area contributed by atoms with E-state index < -0.39 is 47.3 Å². The number of benzene rings is 5. The molecule has 68 heavy (non-hydrogen) atoms. The number of Topliss-reactive ketones (excluding diaryl/α,β-unsaturated/α-hetero) is 2. The van der Waals surface area contributed by atoms with E-state index in [0.29, 0.717) is 52.4 Å². The number of rotatable bonds is 21. The van der Waals surface area contributed by atoms with Crippen molar-refractivity contribution in [2.75, 3.05) is 47.2 Å². The van der Waals surface area contributed by atoms with Crippen LogP contribution in [-0.2, 0) is 37.9 Å². The fourth-order valence-electron chi connectivity index (χ4n) is 6.57. The molecule has 2 unspecified atom stereocenters. The van der Waals surface area contributed by atoms with Crippen LogP contribution in [0.2, 0.25) is 10.0 Å². The molecule has 5 aromatic carbocycles. The highest BCUT2D eigenvalue weighted by atomic mass is 35.5. The summed E-state index contributed by atoms with van der Waals surface area (Å²) in [6.07, 6.45) is 0.841. The molecule has 0 spiro atoms. The molecular weight excluding hydrogens is 982 g/mol. The number of alkyl halides is 3. The number of hydrogen-bond acceptors (Lipinski definition) is 12. The van der Waals surface area contributed by atoms with E-state index in [9.17, 15) is 28.8 Å². The summed E-state index contributed by atoms with van der Waals surface area (Å²) < 4.78 is 10.8. The first-order chi connectivity index (χ1) is 32.6. The highest BCUT2D eigenvalue weighted by Crippen LogP contribution is 2.34. The first-order valence-electron chi connectivity index (χ1n) is 20.4. The molecule has 5 aromatic rings. The second-order valence-corrected chi connectivity index (χ2v) is 16.3. The Morgan fingerprint density at radius 1 is 0.559 bits per heavy atom. The van der Waals surface area contributed by atoms with Gasteiger partial charge in [0, 0.05) is 51.5 Å². The van der Waals surface area contributed by atoms with Gasteiger partial charge in [-0.25, -0.2) is 0 Å². The highest BCUT2D eigenvalue weighted by Gasteiger charge is 2.27. The van der Waals surface area contributed by atoms with Gasteiger partial charge < -0.3 is 30.7 Å². The standard InChI is InChI=1S/C47H43Cl5N8O8/c1-25(61)42(59-57-36-13-5-9-31(40(36)51)44(63)55-34-11-7-15-38(67-3)29(34)19-21-48)46(65)53-28-17-18-33(27(23-28)24-50)54-47(66)43(26(2)62)60-58-37-14-6-10-32(41(37)52)45(64)56-35-12-8-16-39(68-4)30(35)20-22-49/h5-18,23,42-43H,19-22,24H2,1-4H3,(H,53,65)(H,54,66)(H,55,63)(H,56,64). The Bertz CT molecular complexity index is 2790. The summed E-state index contributed by atoms with van der Waals surface area (Å²) in [5.41, 5.74) is 3.11. The molecule has 354 valence electrons. The number of amides is 4. The largest absolute Gasteiger partial charge is 0.496 e. The fourth-order valence-corrected chi connectivity index (χ4v) is 7.67. The lowest BCUT2D eigenvalue weighted by Gasteiger charge is -2.15. The first kappa shape index (κ1) is 52.5. The summed E-state index contributed by atoms with van der Waals surface area (Å²) in [6.45, 7) is 2.30. The number of azo groups is 2. The van der Waals surface area contributed by atoms with Gasteiger partial charge in [0.1, 0.15) is 22.9 Å². The minimum absolute atomic E-state index is 0.0108. The summed E-state index contributed by atoms with van der Waals surface area (Å²) in [7, 11) is 3.02. The quantitative estimate of drug-likeness (QED) is 0.0314. The Kier molecular flexibility index (Phi) is 19.4. The molecule has 0 aliphatic carbocycles. The Hall–Kier alpha value is -6.43. The molecule has 0 aliphatic rings. The molecule has 0 bridgehead atoms. The van der Waals surface area contributed by atoms with Crippen LogP contribution >= 0.6 is 58.0 Å². The first-order valence-corrected chi connectivity index (χ1v) is 22.8. The number of halogens is 5. The number of ether oxygens (including phenoxy) is 2. The van der Waals surface area contributed by atoms with E-state index >= 15 is 0 Å². The van der Waals surface area contributed by atoms with Gasteiger partial charge in [-0.1, -0.05) is 47.5 Å². The van der Waals surface area contributed by atoms with Crippen molar-refractivity contribution in [3.05, 3.63) is 129 Å². The van der Waals surface area contributed by atoms with Crippen molar-refractivity contribution in [3.63, 3.8) is 0 Å². The molecule has 0 saturated carbocycles. The van der Waals surface area contributed by atoms with Crippen molar-refractivity contribution in [2.24, 2.45) is 20.5 Å². The average Bonchev–Trinajstić information content (AvgIpc) is 3.31. The number of nitrogens with zero attached hydrogens (tertiary/aromatic N) is 4. The molecule has 0 radical (unpaired) electrons. The molecule has 21 heteroatoms. The van der Waals surface area contributed by atoms with E-state index in [4.69, 9.17) is 67.5 Å². The normalized spacial score (nSPS) is 12.0. The molecule has 0 aliphatic heterocycles. The summed E-state index contributed by atoms with van der Waals surface area (Å²) in [4.78, 5) is 79.0. The maximum Gasteiger partial charge on any atom is 0.258 e. The van der Waals surface area contributed by atoms with Crippen LogP contribution in [0, 0.1) is 0 Å². The summed E-state index contributed by atoms with van der Waals surface area (Å²) >= 11 is 31.4. The lowest BCUT2D eigenvalue weighted by molar-refractivity contribution is -0.127. The highest BCUT2D eigenvalue weighted by molar-refractivity contribution is 6.37. The number of ketones is 2. The van der Waals surface area contributed by atoms with E-state index in [-0.39, 0.29) is 61.6 Å². The summed E-state index contributed by atoms with van der Waals surface area (Å²) in [5.74, 6) is -2.69. The Morgan fingerprint density at radius 3 is 1.41 bits per heavy atom.